The Morgan fingerprint density at radius 3 is 2.88 bits per heavy atom. The minimum absolute atomic E-state index is 0.395. The summed E-state index contributed by atoms with van der Waals surface area (Å²) in [5, 5.41) is 3.74. The monoisotopic (exact) mass is 245 g/mol. The Kier molecular flexibility index (Phi) is 3.40. The van der Waals surface area contributed by atoms with E-state index in [0.717, 1.165) is 11.3 Å². The number of pyridine rings is 1. The van der Waals surface area contributed by atoms with Crippen molar-refractivity contribution in [3.8, 4) is 0 Å². The summed E-state index contributed by atoms with van der Waals surface area (Å²) in [5.74, 6) is 0.480. The van der Waals surface area contributed by atoms with Gasteiger partial charge in [0.15, 0.2) is 0 Å². The Labute approximate surface area is 104 Å². The topological polar surface area (TPSA) is 42.0 Å². The van der Waals surface area contributed by atoms with Crippen molar-refractivity contribution in [2.24, 2.45) is 0 Å². The fourth-order valence-corrected chi connectivity index (χ4v) is 1.63. The molecule has 0 bridgehead atoms. The van der Waals surface area contributed by atoms with E-state index in [1.807, 2.05) is 31.4 Å². The first-order valence-electron chi connectivity index (χ1n) is 5.07. The van der Waals surface area contributed by atoms with Gasteiger partial charge in [-0.1, -0.05) is 17.7 Å². The largest absolute Gasteiger partial charge is 0.339 e. The van der Waals surface area contributed by atoms with Crippen molar-refractivity contribution < 1.29 is 4.79 Å². The number of hydrogen-bond acceptors (Lipinski definition) is 3. The number of nitrogens with zero attached hydrogens (tertiary/aromatic N) is 1. The van der Waals surface area contributed by atoms with Gasteiger partial charge in [0.1, 0.15) is 5.82 Å². The fraction of sp³-hybridized carbons (Fsp3) is 0.0769. The first-order valence-corrected chi connectivity index (χ1v) is 5.45. The number of rotatable bonds is 3. The van der Waals surface area contributed by atoms with E-state index in [1.54, 1.807) is 18.3 Å². The molecule has 0 spiro atoms. The molecular weight excluding hydrogens is 236 g/mol. The number of nitrogens with one attached hydrogen (secondary N) is 1. The zero-order valence-corrected chi connectivity index (χ0v) is 9.95. The van der Waals surface area contributed by atoms with Crippen LogP contribution >= 0.6 is 11.6 Å². The van der Waals surface area contributed by atoms with E-state index in [4.69, 9.17) is 11.6 Å². The molecule has 0 unspecified atom stereocenters. The van der Waals surface area contributed by atoms with E-state index in [2.05, 4.69) is 10.3 Å². The van der Waals surface area contributed by atoms with Crippen LogP contribution in [0.3, 0.4) is 0 Å². The molecule has 2 rings (SSSR count). The summed E-state index contributed by atoms with van der Waals surface area (Å²) >= 11 is 6.02. The van der Waals surface area contributed by atoms with Crippen LogP contribution in [0.2, 0.25) is 5.02 Å². The number of anilines is 2. The minimum Gasteiger partial charge on any atom is -0.339 e. The lowest BCUT2D eigenvalue weighted by atomic mass is 10.2. The molecule has 1 aromatic carbocycles. The van der Waals surface area contributed by atoms with Crippen LogP contribution in [0.5, 0.6) is 0 Å². The summed E-state index contributed by atoms with van der Waals surface area (Å²) in [5.41, 5.74) is 2.14. The second-order valence-corrected chi connectivity index (χ2v) is 3.95. The third kappa shape index (κ3) is 2.45. The van der Waals surface area contributed by atoms with Gasteiger partial charge in [-0.2, -0.15) is 0 Å². The van der Waals surface area contributed by atoms with E-state index in [9.17, 15) is 4.79 Å². The number of carbonyl (C=O) groups excluding carboxylic acids is 1. The summed E-state index contributed by atoms with van der Waals surface area (Å²) in [6.45, 7) is 1.90. The third-order valence-electron chi connectivity index (χ3n) is 2.44. The van der Waals surface area contributed by atoms with Gasteiger partial charge in [0.05, 0.1) is 5.56 Å². The second-order valence-electron chi connectivity index (χ2n) is 3.54. The molecule has 17 heavy (non-hydrogen) atoms. The van der Waals surface area contributed by atoms with Gasteiger partial charge in [-0.25, -0.2) is 4.98 Å². The first-order chi connectivity index (χ1) is 8.22. The Morgan fingerprint density at radius 2 is 2.12 bits per heavy atom. The molecule has 0 aliphatic carbocycles. The molecule has 0 amide bonds. The molecule has 0 fully saturated rings. The molecule has 0 aliphatic rings. The average molecular weight is 246 g/mol. The van der Waals surface area contributed by atoms with Gasteiger partial charge in [0, 0.05) is 16.9 Å². The highest BCUT2D eigenvalue weighted by Crippen LogP contribution is 2.26. The summed E-state index contributed by atoms with van der Waals surface area (Å²) in [6.07, 6.45) is 3.46. The first kappa shape index (κ1) is 11.6. The minimum atomic E-state index is 0.395. The van der Waals surface area contributed by atoms with Crippen molar-refractivity contribution >= 4 is 29.4 Å². The maximum Gasteiger partial charge on any atom is 0.237 e. The predicted molar refractivity (Wildman–Crippen MR) is 68.5 cm³/mol. The van der Waals surface area contributed by atoms with Crippen LogP contribution in [0.4, 0.5) is 11.5 Å². The Morgan fingerprint density at radius 1 is 1.29 bits per heavy atom. The lowest BCUT2D eigenvalue weighted by Gasteiger charge is -2.10. The van der Waals surface area contributed by atoms with E-state index < -0.39 is 0 Å². The van der Waals surface area contributed by atoms with Gasteiger partial charge >= 0.3 is 0 Å². The van der Waals surface area contributed by atoms with Gasteiger partial charge in [-0.3, -0.25) is 4.79 Å². The number of aromatic nitrogens is 1. The fourth-order valence-electron chi connectivity index (χ4n) is 1.46. The molecule has 0 aliphatic heterocycles. The molecule has 2 aromatic rings. The van der Waals surface area contributed by atoms with Crippen LogP contribution in [-0.2, 0) is 4.79 Å². The van der Waals surface area contributed by atoms with Crippen molar-refractivity contribution in [1.29, 1.82) is 0 Å². The lowest BCUT2D eigenvalue weighted by Crippen LogP contribution is -1.99. The normalized spacial score (nSPS) is 10.0. The van der Waals surface area contributed by atoms with E-state index >= 15 is 0 Å². The highest BCUT2D eigenvalue weighted by Gasteiger charge is 2.06. The molecule has 1 N–H and O–H groups in total. The van der Waals surface area contributed by atoms with Crippen LogP contribution < -0.4 is 5.32 Å². The number of hydrogen-bond donors (Lipinski definition) is 1. The Balaban J connectivity index is 2.38. The third-order valence-corrected chi connectivity index (χ3v) is 2.85. The highest BCUT2D eigenvalue weighted by atomic mass is 35.5. The maximum atomic E-state index is 10.7. The van der Waals surface area contributed by atoms with Crippen LogP contribution in [0.15, 0.2) is 36.5 Å². The molecule has 0 saturated carbocycles. The standard InChI is InChI=1S/C13H10ClN2O/c1-9-11(14)5-2-6-12(9)16-13-10(8-17)4-3-7-15-13/h2-7H,1H3,(H,15,16). The zero-order chi connectivity index (χ0) is 12.3. The van der Waals surface area contributed by atoms with Gasteiger partial charge in [-0.05, 0) is 36.8 Å². The van der Waals surface area contributed by atoms with Crippen LogP contribution in [0.1, 0.15) is 11.1 Å². The van der Waals surface area contributed by atoms with Crippen molar-refractivity contribution in [1.82, 2.24) is 4.98 Å². The molecule has 1 radical (unpaired) electrons. The van der Waals surface area contributed by atoms with Gasteiger partial charge in [0.2, 0.25) is 6.29 Å². The van der Waals surface area contributed by atoms with Crippen molar-refractivity contribution in [2.75, 3.05) is 5.32 Å². The van der Waals surface area contributed by atoms with Crippen LogP contribution in [0, 0.1) is 6.92 Å². The SMILES string of the molecule is Cc1c(Cl)cccc1Nc1ncccc1[C]=O. The van der Waals surface area contributed by atoms with E-state index in [0.29, 0.717) is 16.4 Å². The highest BCUT2D eigenvalue weighted by molar-refractivity contribution is 6.31. The Hall–Kier alpha value is -1.87. The molecule has 0 atom stereocenters. The van der Waals surface area contributed by atoms with Gasteiger partial charge < -0.3 is 5.32 Å². The molecule has 1 heterocycles. The summed E-state index contributed by atoms with van der Waals surface area (Å²) in [4.78, 5) is 14.8. The average Bonchev–Trinajstić information content (AvgIpc) is 2.35. The summed E-state index contributed by atoms with van der Waals surface area (Å²) < 4.78 is 0. The number of halogens is 1. The summed E-state index contributed by atoms with van der Waals surface area (Å²) in [6, 6.07) is 8.88. The number of benzene rings is 1. The molecule has 3 nitrogen and oxygen atoms in total. The lowest BCUT2D eigenvalue weighted by molar-refractivity contribution is 0.563. The van der Waals surface area contributed by atoms with Gasteiger partial charge in [-0.15, -0.1) is 0 Å². The smallest absolute Gasteiger partial charge is 0.237 e. The molecule has 0 saturated heterocycles. The second kappa shape index (κ2) is 4.97. The maximum absolute atomic E-state index is 10.7. The van der Waals surface area contributed by atoms with E-state index in [1.165, 1.54) is 0 Å². The van der Waals surface area contributed by atoms with E-state index in [-0.39, 0.29) is 0 Å². The predicted octanol–water partition coefficient (Wildman–Crippen LogP) is 3.24. The van der Waals surface area contributed by atoms with Crippen molar-refractivity contribution in [3.05, 3.63) is 52.7 Å². The van der Waals surface area contributed by atoms with Crippen LogP contribution in [0.25, 0.3) is 0 Å². The Bertz CT molecular complexity index is 555. The zero-order valence-electron chi connectivity index (χ0n) is 9.20. The molecule has 85 valence electrons. The molecule has 1 aromatic heterocycles. The molecule has 4 heteroatoms. The van der Waals surface area contributed by atoms with Crippen molar-refractivity contribution in [3.63, 3.8) is 0 Å². The van der Waals surface area contributed by atoms with Crippen molar-refractivity contribution in [2.45, 2.75) is 6.92 Å². The molecular formula is C13H10ClN2O. The van der Waals surface area contributed by atoms with Crippen LogP contribution in [-0.4, -0.2) is 11.3 Å². The van der Waals surface area contributed by atoms with Gasteiger partial charge in [0.25, 0.3) is 0 Å². The quantitative estimate of drug-likeness (QED) is 0.903. The summed E-state index contributed by atoms with van der Waals surface area (Å²) in [7, 11) is 0.